The quantitative estimate of drug-likeness (QED) is 0.567. The molecule has 0 saturated carbocycles. The van der Waals surface area contributed by atoms with Gasteiger partial charge in [-0.3, -0.25) is 14.0 Å². The summed E-state index contributed by atoms with van der Waals surface area (Å²) in [7, 11) is 0. The Bertz CT molecular complexity index is 1110. The Morgan fingerprint density at radius 1 is 0.968 bits per heavy atom. The Morgan fingerprint density at radius 2 is 1.71 bits per heavy atom. The van der Waals surface area contributed by atoms with E-state index in [0.717, 1.165) is 5.65 Å². The zero-order chi connectivity index (χ0) is 21.2. The number of hydrogen-bond donors (Lipinski definition) is 0. The molecule has 1 unspecified atom stereocenters. The van der Waals surface area contributed by atoms with E-state index in [0.29, 0.717) is 42.8 Å². The topological polar surface area (TPSA) is 89.3 Å². The number of carbonyl (C=O) groups excluding carboxylic acids is 2. The van der Waals surface area contributed by atoms with Gasteiger partial charge in [-0.15, -0.1) is 10.2 Å². The van der Waals surface area contributed by atoms with Gasteiger partial charge in [0, 0.05) is 32.4 Å². The lowest BCUT2D eigenvalue weighted by atomic mass is 10.2. The maximum Gasteiger partial charge on any atom is 0.267 e. The van der Waals surface area contributed by atoms with Crippen molar-refractivity contribution >= 4 is 29.2 Å². The number of fused-ring (bicyclic) bond motifs is 2. The first-order valence-corrected chi connectivity index (χ1v) is 11.1. The molecule has 4 heterocycles. The predicted octanol–water partition coefficient (Wildman–Crippen LogP) is 1.33. The smallest absolute Gasteiger partial charge is 0.267 e. The molecular weight excluding hydrogens is 418 g/mol. The van der Waals surface area contributed by atoms with E-state index < -0.39 is 6.10 Å². The molecular formula is C21H21N5O4S. The van der Waals surface area contributed by atoms with Crippen LogP contribution in [0.5, 0.6) is 11.5 Å². The summed E-state index contributed by atoms with van der Waals surface area (Å²) < 4.78 is 13.3. The number of amides is 2. The van der Waals surface area contributed by atoms with Gasteiger partial charge in [0.15, 0.2) is 22.3 Å². The molecule has 31 heavy (non-hydrogen) atoms. The Kier molecular flexibility index (Phi) is 5.37. The Balaban J connectivity index is 1.12. The first-order valence-electron chi connectivity index (χ1n) is 10.1. The molecule has 160 valence electrons. The summed E-state index contributed by atoms with van der Waals surface area (Å²) >= 11 is 1.36. The third-order valence-corrected chi connectivity index (χ3v) is 6.26. The lowest BCUT2D eigenvalue weighted by Crippen LogP contribution is -2.55. The summed E-state index contributed by atoms with van der Waals surface area (Å²) in [5.74, 6) is 1.43. The van der Waals surface area contributed by atoms with Gasteiger partial charge in [-0.05, 0) is 24.3 Å². The molecule has 2 aliphatic rings. The van der Waals surface area contributed by atoms with Crippen molar-refractivity contribution in [2.24, 2.45) is 0 Å². The highest BCUT2D eigenvalue weighted by Gasteiger charge is 2.33. The number of hydrogen-bond acceptors (Lipinski definition) is 7. The van der Waals surface area contributed by atoms with Crippen LogP contribution in [0.4, 0.5) is 0 Å². The number of pyridine rings is 1. The lowest BCUT2D eigenvalue weighted by molar-refractivity contribution is -0.145. The molecule has 1 saturated heterocycles. The zero-order valence-corrected chi connectivity index (χ0v) is 17.5. The molecule has 2 aromatic heterocycles. The van der Waals surface area contributed by atoms with E-state index in [9.17, 15) is 9.59 Å². The molecule has 5 rings (SSSR count). The summed E-state index contributed by atoms with van der Waals surface area (Å²) in [6.45, 7) is 2.14. The van der Waals surface area contributed by atoms with E-state index in [1.807, 2.05) is 47.0 Å². The fraction of sp³-hybridized carbons (Fsp3) is 0.333. The Hall–Kier alpha value is -3.27. The first-order chi connectivity index (χ1) is 15.2. The van der Waals surface area contributed by atoms with Crippen LogP contribution in [0.15, 0.2) is 53.8 Å². The van der Waals surface area contributed by atoms with Crippen molar-refractivity contribution in [3.63, 3.8) is 0 Å². The second-order valence-corrected chi connectivity index (χ2v) is 8.21. The number of carbonyl (C=O) groups is 2. The van der Waals surface area contributed by atoms with Gasteiger partial charge in [0.25, 0.3) is 5.91 Å². The van der Waals surface area contributed by atoms with Gasteiger partial charge in [-0.1, -0.05) is 30.0 Å². The van der Waals surface area contributed by atoms with E-state index in [1.54, 1.807) is 15.9 Å². The van der Waals surface area contributed by atoms with Crippen molar-refractivity contribution in [2.75, 3.05) is 38.5 Å². The van der Waals surface area contributed by atoms with Gasteiger partial charge in [0.1, 0.15) is 6.61 Å². The third-order valence-electron chi connectivity index (χ3n) is 5.34. The molecule has 1 aromatic carbocycles. The number of ether oxygens (including phenoxy) is 2. The molecule has 3 aromatic rings. The molecule has 1 atom stereocenters. The number of aromatic nitrogens is 3. The lowest BCUT2D eigenvalue weighted by Gasteiger charge is -2.37. The summed E-state index contributed by atoms with van der Waals surface area (Å²) in [4.78, 5) is 29.0. The number of benzene rings is 1. The van der Waals surface area contributed by atoms with E-state index in [4.69, 9.17) is 9.47 Å². The molecule has 0 aliphatic carbocycles. The minimum atomic E-state index is -0.658. The van der Waals surface area contributed by atoms with Crippen molar-refractivity contribution in [1.29, 1.82) is 0 Å². The summed E-state index contributed by atoms with van der Waals surface area (Å²) in [5.41, 5.74) is 0.751. The maximum atomic E-state index is 12.8. The first kappa shape index (κ1) is 19.7. The summed E-state index contributed by atoms with van der Waals surface area (Å²) in [5, 5.41) is 8.93. The van der Waals surface area contributed by atoms with E-state index in [2.05, 4.69) is 10.2 Å². The van der Waals surface area contributed by atoms with Crippen molar-refractivity contribution in [3.8, 4) is 11.5 Å². The second kappa shape index (κ2) is 8.46. The standard InChI is InChI=1S/C21H21N5O4S/c27-19(14-31-21-23-22-18-7-3-4-8-26(18)21)24-9-11-25(12-10-24)20(28)17-13-29-15-5-1-2-6-16(15)30-17/h1-8,17H,9-14H2. The SMILES string of the molecule is O=C(CSc1nnc2ccccn12)N1CCN(C(=O)C2COc3ccccc3O2)CC1. The van der Waals surface area contributed by atoms with Crippen LogP contribution in [0.25, 0.3) is 5.65 Å². The Labute approximate surface area is 182 Å². The number of para-hydroxylation sites is 2. The molecule has 0 N–H and O–H groups in total. The molecule has 2 aliphatic heterocycles. The highest BCUT2D eigenvalue weighted by atomic mass is 32.2. The van der Waals surface area contributed by atoms with Crippen molar-refractivity contribution in [1.82, 2.24) is 24.4 Å². The van der Waals surface area contributed by atoms with E-state index in [-0.39, 0.29) is 24.2 Å². The van der Waals surface area contributed by atoms with Crippen LogP contribution in [0.3, 0.4) is 0 Å². The minimum Gasteiger partial charge on any atom is -0.485 e. The Morgan fingerprint density at radius 3 is 2.55 bits per heavy atom. The van der Waals surface area contributed by atoms with Crippen LogP contribution >= 0.6 is 11.8 Å². The predicted molar refractivity (Wildman–Crippen MR) is 113 cm³/mol. The molecule has 9 nitrogen and oxygen atoms in total. The van der Waals surface area contributed by atoms with Crippen LogP contribution in [-0.4, -0.2) is 80.9 Å². The average molecular weight is 439 g/mol. The van der Waals surface area contributed by atoms with Crippen molar-refractivity contribution < 1.29 is 19.1 Å². The molecule has 1 fully saturated rings. The largest absolute Gasteiger partial charge is 0.485 e. The number of nitrogens with zero attached hydrogens (tertiary/aromatic N) is 5. The molecule has 10 heteroatoms. The highest BCUT2D eigenvalue weighted by molar-refractivity contribution is 7.99. The van der Waals surface area contributed by atoms with Gasteiger partial charge in [0.2, 0.25) is 12.0 Å². The molecule has 0 spiro atoms. The van der Waals surface area contributed by atoms with E-state index >= 15 is 0 Å². The molecule has 0 radical (unpaired) electrons. The van der Waals surface area contributed by atoms with Crippen LogP contribution in [0, 0.1) is 0 Å². The van der Waals surface area contributed by atoms with E-state index in [1.165, 1.54) is 11.8 Å². The summed E-state index contributed by atoms with van der Waals surface area (Å²) in [6.07, 6.45) is 1.22. The van der Waals surface area contributed by atoms with Crippen LogP contribution < -0.4 is 9.47 Å². The van der Waals surface area contributed by atoms with Gasteiger partial charge in [-0.2, -0.15) is 0 Å². The number of thioether (sulfide) groups is 1. The van der Waals surface area contributed by atoms with Gasteiger partial charge in [-0.25, -0.2) is 0 Å². The average Bonchev–Trinajstić information content (AvgIpc) is 3.25. The fourth-order valence-electron chi connectivity index (χ4n) is 3.66. The van der Waals surface area contributed by atoms with Crippen molar-refractivity contribution in [2.45, 2.75) is 11.3 Å². The minimum absolute atomic E-state index is 0.0240. The third kappa shape index (κ3) is 4.02. The van der Waals surface area contributed by atoms with Crippen LogP contribution in [-0.2, 0) is 9.59 Å². The zero-order valence-electron chi connectivity index (χ0n) is 16.7. The summed E-state index contributed by atoms with van der Waals surface area (Å²) in [6, 6.07) is 13.0. The normalized spacial score (nSPS) is 18.3. The van der Waals surface area contributed by atoms with Crippen LogP contribution in [0.1, 0.15) is 0 Å². The monoisotopic (exact) mass is 439 g/mol. The second-order valence-electron chi connectivity index (χ2n) is 7.27. The molecule has 2 amide bonds. The van der Waals surface area contributed by atoms with Gasteiger partial charge >= 0.3 is 0 Å². The van der Waals surface area contributed by atoms with Crippen LogP contribution in [0.2, 0.25) is 0 Å². The van der Waals surface area contributed by atoms with Gasteiger partial charge in [0.05, 0.1) is 5.75 Å². The maximum absolute atomic E-state index is 12.8. The van der Waals surface area contributed by atoms with Gasteiger partial charge < -0.3 is 19.3 Å². The highest BCUT2D eigenvalue weighted by Crippen LogP contribution is 2.31. The molecule has 0 bridgehead atoms. The number of rotatable bonds is 4. The van der Waals surface area contributed by atoms with Crippen molar-refractivity contribution in [3.05, 3.63) is 48.7 Å². The number of piperazine rings is 1. The fourth-order valence-corrected chi connectivity index (χ4v) is 4.48.